The second-order valence-electron chi connectivity index (χ2n) is 5.10. The Labute approximate surface area is 116 Å². The van der Waals surface area contributed by atoms with E-state index in [4.69, 9.17) is 0 Å². The highest BCUT2D eigenvalue weighted by Gasteiger charge is 2.21. The SMILES string of the molecule is CCNc1nc(NC(C)(CC)CC)nc(N(C)C)n1. The van der Waals surface area contributed by atoms with Crippen LogP contribution in [0.2, 0.25) is 0 Å². The second-order valence-corrected chi connectivity index (χ2v) is 5.10. The van der Waals surface area contributed by atoms with Crippen LogP contribution < -0.4 is 15.5 Å². The Morgan fingerprint density at radius 1 is 1.00 bits per heavy atom. The van der Waals surface area contributed by atoms with Crippen molar-refractivity contribution in [2.24, 2.45) is 0 Å². The minimum Gasteiger partial charge on any atom is -0.354 e. The summed E-state index contributed by atoms with van der Waals surface area (Å²) in [6, 6.07) is 0. The number of hydrogen-bond donors (Lipinski definition) is 2. The van der Waals surface area contributed by atoms with Crippen LogP contribution in [0, 0.1) is 0 Å². The van der Waals surface area contributed by atoms with Gasteiger partial charge >= 0.3 is 0 Å². The van der Waals surface area contributed by atoms with E-state index in [1.165, 1.54) is 0 Å². The van der Waals surface area contributed by atoms with Gasteiger partial charge in [-0.1, -0.05) is 13.8 Å². The second kappa shape index (κ2) is 6.54. The predicted octanol–water partition coefficient (Wildman–Crippen LogP) is 2.36. The Balaban J connectivity index is 3.05. The van der Waals surface area contributed by atoms with Gasteiger partial charge in [0.1, 0.15) is 0 Å². The molecule has 6 heteroatoms. The van der Waals surface area contributed by atoms with Gasteiger partial charge in [0.25, 0.3) is 0 Å². The van der Waals surface area contributed by atoms with E-state index in [1.807, 2.05) is 25.9 Å². The summed E-state index contributed by atoms with van der Waals surface area (Å²) in [5, 5.41) is 6.56. The van der Waals surface area contributed by atoms with Crippen LogP contribution in [0.4, 0.5) is 17.8 Å². The minimum absolute atomic E-state index is 0.00835. The molecule has 0 aliphatic heterocycles. The van der Waals surface area contributed by atoms with Crippen LogP contribution in [-0.4, -0.2) is 41.1 Å². The van der Waals surface area contributed by atoms with Gasteiger partial charge in [-0.2, -0.15) is 15.0 Å². The molecule has 0 aliphatic rings. The number of nitrogens with zero attached hydrogens (tertiary/aromatic N) is 4. The maximum absolute atomic E-state index is 4.45. The standard InChI is InChI=1S/C13H26N6/c1-7-13(4,8-2)18-11-15-10(14-9-3)16-12(17-11)19(5)6/h7-9H2,1-6H3,(H2,14,15,16,17,18). The smallest absolute Gasteiger partial charge is 0.231 e. The lowest BCUT2D eigenvalue weighted by atomic mass is 9.96. The van der Waals surface area contributed by atoms with E-state index in [0.717, 1.165) is 19.4 Å². The van der Waals surface area contributed by atoms with Crippen LogP contribution in [-0.2, 0) is 0 Å². The Morgan fingerprint density at radius 3 is 2.05 bits per heavy atom. The maximum Gasteiger partial charge on any atom is 0.231 e. The molecule has 0 atom stereocenters. The summed E-state index contributed by atoms with van der Waals surface area (Å²) in [6.45, 7) is 9.31. The molecule has 19 heavy (non-hydrogen) atoms. The van der Waals surface area contributed by atoms with E-state index in [1.54, 1.807) is 0 Å². The number of hydrogen-bond acceptors (Lipinski definition) is 6. The van der Waals surface area contributed by atoms with Gasteiger partial charge < -0.3 is 15.5 Å². The van der Waals surface area contributed by atoms with E-state index < -0.39 is 0 Å². The monoisotopic (exact) mass is 266 g/mol. The molecule has 1 aromatic heterocycles. The first-order chi connectivity index (χ1) is 8.94. The van der Waals surface area contributed by atoms with Gasteiger partial charge in [0, 0.05) is 26.2 Å². The molecule has 108 valence electrons. The van der Waals surface area contributed by atoms with Crippen molar-refractivity contribution in [3.63, 3.8) is 0 Å². The average Bonchev–Trinajstić information content (AvgIpc) is 2.38. The fraction of sp³-hybridized carbons (Fsp3) is 0.769. The highest BCUT2D eigenvalue weighted by Crippen LogP contribution is 2.21. The Hall–Kier alpha value is -1.59. The summed E-state index contributed by atoms with van der Waals surface area (Å²) in [7, 11) is 3.85. The van der Waals surface area contributed by atoms with Crippen molar-refractivity contribution in [3.8, 4) is 0 Å². The Kier molecular flexibility index (Phi) is 5.32. The molecule has 1 aromatic rings. The van der Waals surface area contributed by atoms with Gasteiger partial charge in [-0.3, -0.25) is 0 Å². The zero-order valence-electron chi connectivity index (χ0n) is 12.9. The van der Waals surface area contributed by atoms with E-state index in [0.29, 0.717) is 17.8 Å². The molecule has 0 aromatic carbocycles. The lowest BCUT2D eigenvalue weighted by molar-refractivity contribution is 0.474. The zero-order valence-corrected chi connectivity index (χ0v) is 12.9. The molecular weight excluding hydrogens is 240 g/mol. The van der Waals surface area contributed by atoms with Gasteiger partial charge in [0.2, 0.25) is 17.8 Å². The van der Waals surface area contributed by atoms with Crippen LogP contribution in [0.1, 0.15) is 40.5 Å². The van der Waals surface area contributed by atoms with Crippen molar-refractivity contribution in [2.75, 3.05) is 36.2 Å². The molecule has 0 bridgehead atoms. The summed E-state index contributed by atoms with van der Waals surface area (Å²) in [5.74, 6) is 1.89. The van der Waals surface area contributed by atoms with Gasteiger partial charge in [-0.25, -0.2) is 0 Å². The van der Waals surface area contributed by atoms with Crippen molar-refractivity contribution in [1.29, 1.82) is 0 Å². The van der Waals surface area contributed by atoms with Crippen molar-refractivity contribution in [3.05, 3.63) is 0 Å². The van der Waals surface area contributed by atoms with Crippen molar-refractivity contribution in [2.45, 2.75) is 46.1 Å². The molecule has 2 N–H and O–H groups in total. The fourth-order valence-corrected chi connectivity index (χ4v) is 1.55. The van der Waals surface area contributed by atoms with E-state index in [-0.39, 0.29) is 5.54 Å². The van der Waals surface area contributed by atoms with Crippen molar-refractivity contribution in [1.82, 2.24) is 15.0 Å². The summed E-state index contributed by atoms with van der Waals surface area (Å²) in [5.41, 5.74) is 0.00835. The van der Waals surface area contributed by atoms with E-state index >= 15 is 0 Å². The van der Waals surface area contributed by atoms with Crippen LogP contribution in [0.15, 0.2) is 0 Å². The molecule has 0 saturated heterocycles. The molecule has 0 amide bonds. The molecule has 0 spiro atoms. The molecule has 0 radical (unpaired) electrons. The molecule has 0 fully saturated rings. The first-order valence-corrected chi connectivity index (χ1v) is 6.89. The lowest BCUT2D eigenvalue weighted by Crippen LogP contribution is -2.34. The normalized spacial score (nSPS) is 11.3. The highest BCUT2D eigenvalue weighted by molar-refractivity contribution is 5.44. The lowest BCUT2D eigenvalue weighted by Gasteiger charge is -2.28. The van der Waals surface area contributed by atoms with Crippen molar-refractivity contribution >= 4 is 17.8 Å². The van der Waals surface area contributed by atoms with E-state index in [9.17, 15) is 0 Å². The third-order valence-electron chi connectivity index (χ3n) is 3.33. The first kappa shape index (κ1) is 15.5. The third kappa shape index (κ3) is 4.22. The van der Waals surface area contributed by atoms with Crippen LogP contribution in [0.3, 0.4) is 0 Å². The number of nitrogens with one attached hydrogen (secondary N) is 2. The number of rotatable bonds is 7. The third-order valence-corrected chi connectivity index (χ3v) is 3.33. The Morgan fingerprint density at radius 2 is 1.58 bits per heavy atom. The number of aromatic nitrogens is 3. The Bertz CT molecular complexity index is 400. The maximum atomic E-state index is 4.45. The van der Waals surface area contributed by atoms with Crippen LogP contribution in [0.5, 0.6) is 0 Å². The molecule has 0 saturated carbocycles. The highest BCUT2D eigenvalue weighted by atomic mass is 15.3. The fourth-order valence-electron chi connectivity index (χ4n) is 1.55. The molecule has 6 nitrogen and oxygen atoms in total. The zero-order chi connectivity index (χ0) is 14.5. The van der Waals surface area contributed by atoms with E-state index in [2.05, 4.69) is 46.4 Å². The first-order valence-electron chi connectivity index (χ1n) is 6.89. The molecule has 0 aliphatic carbocycles. The van der Waals surface area contributed by atoms with Gasteiger partial charge in [-0.05, 0) is 26.7 Å². The number of anilines is 3. The quantitative estimate of drug-likeness (QED) is 0.790. The molecule has 0 unspecified atom stereocenters. The topological polar surface area (TPSA) is 66.0 Å². The minimum atomic E-state index is 0.00835. The van der Waals surface area contributed by atoms with Crippen molar-refractivity contribution < 1.29 is 0 Å². The van der Waals surface area contributed by atoms with Crippen LogP contribution in [0.25, 0.3) is 0 Å². The molecule has 1 rings (SSSR count). The van der Waals surface area contributed by atoms with Crippen LogP contribution >= 0.6 is 0 Å². The molecule has 1 heterocycles. The van der Waals surface area contributed by atoms with Gasteiger partial charge in [0.15, 0.2) is 0 Å². The van der Waals surface area contributed by atoms with Gasteiger partial charge in [0.05, 0.1) is 0 Å². The summed E-state index contributed by atoms with van der Waals surface area (Å²) in [4.78, 5) is 15.1. The largest absolute Gasteiger partial charge is 0.354 e. The summed E-state index contributed by atoms with van der Waals surface area (Å²) >= 11 is 0. The summed E-state index contributed by atoms with van der Waals surface area (Å²) in [6.07, 6.45) is 2.03. The predicted molar refractivity (Wildman–Crippen MR) is 80.9 cm³/mol. The van der Waals surface area contributed by atoms with Gasteiger partial charge in [-0.15, -0.1) is 0 Å². The summed E-state index contributed by atoms with van der Waals surface area (Å²) < 4.78 is 0. The average molecular weight is 266 g/mol. The molecular formula is C13H26N6.